The number of nitrogens with zero attached hydrogens (tertiary/aromatic N) is 2. The van der Waals surface area contributed by atoms with Crippen LogP contribution in [-0.2, 0) is 0 Å². The number of anilines is 1. The van der Waals surface area contributed by atoms with Crippen LogP contribution in [0.4, 0.5) is 5.82 Å². The fourth-order valence-corrected chi connectivity index (χ4v) is 2.27. The van der Waals surface area contributed by atoms with Crippen LogP contribution in [0, 0.1) is 9.49 Å². The second-order valence-corrected chi connectivity index (χ2v) is 5.27. The average Bonchev–Trinajstić information content (AvgIpc) is 2.19. The van der Waals surface area contributed by atoms with Crippen molar-refractivity contribution in [2.24, 2.45) is 5.92 Å². The SMILES string of the molecule is C[C@H]1CCCN(c2ccc(I)cn2)C1. The number of hydrogen-bond acceptors (Lipinski definition) is 2. The lowest BCUT2D eigenvalue weighted by Crippen LogP contribution is -2.34. The van der Waals surface area contributed by atoms with Crippen molar-refractivity contribution in [1.82, 2.24) is 4.98 Å². The second-order valence-electron chi connectivity index (χ2n) is 4.03. The molecule has 2 heterocycles. The zero-order valence-electron chi connectivity index (χ0n) is 8.41. The maximum Gasteiger partial charge on any atom is 0.128 e. The Bertz CT molecular complexity index is 297. The van der Waals surface area contributed by atoms with E-state index in [-0.39, 0.29) is 0 Å². The number of hydrogen-bond donors (Lipinski definition) is 0. The Morgan fingerprint density at radius 1 is 1.50 bits per heavy atom. The van der Waals surface area contributed by atoms with Gasteiger partial charge in [0.25, 0.3) is 0 Å². The van der Waals surface area contributed by atoms with Crippen LogP contribution in [0.1, 0.15) is 19.8 Å². The van der Waals surface area contributed by atoms with Gasteiger partial charge >= 0.3 is 0 Å². The highest BCUT2D eigenvalue weighted by Crippen LogP contribution is 2.21. The molecular weight excluding hydrogens is 287 g/mol. The first-order valence-corrected chi connectivity index (χ1v) is 6.20. The fraction of sp³-hybridized carbons (Fsp3) is 0.545. The summed E-state index contributed by atoms with van der Waals surface area (Å²) in [6, 6.07) is 4.25. The van der Waals surface area contributed by atoms with Gasteiger partial charge in [-0.2, -0.15) is 0 Å². The summed E-state index contributed by atoms with van der Waals surface area (Å²) in [5, 5.41) is 0. The minimum Gasteiger partial charge on any atom is -0.356 e. The standard InChI is InChI=1S/C11H15IN2/c1-9-3-2-6-14(8-9)11-5-4-10(12)7-13-11/h4-5,7,9H,2-3,6,8H2,1H3/t9-/m0/s1. The van der Waals surface area contributed by atoms with Crippen LogP contribution in [0.25, 0.3) is 0 Å². The molecule has 0 bridgehead atoms. The third-order valence-corrected chi connectivity index (χ3v) is 3.33. The summed E-state index contributed by atoms with van der Waals surface area (Å²) in [4.78, 5) is 6.85. The van der Waals surface area contributed by atoms with Gasteiger partial charge in [-0.3, -0.25) is 0 Å². The molecule has 3 heteroatoms. The average molecular weight is 302 g/mol. The molecule has 1 fully saturated rings. The van der Waals surface area contributed by atoms with E-state index in [0.29, 0.717) is 0 Å². The second kappa shape index (κ2) is 4.47. The smallest absolute Gasteiger partial charge is 0.128 e. The summed E-state index contributed by atoms with van der Waals surface area (Å²) < 4.78 is 1.21. The van der Waals surface area contributed by atoms with Crippen molar-refractivity contribution in [2.45, 2.75) is 19.8 Å². The quantitative estimate of drug-likeness (QED) is 0.742. The summed E-state index contributed by atoms with van der Waals surface area (Å²) in [5.74, 6) is 1.95. The minimum atomic E-state index is 0.810. The summed E-state index contributed by atoms with van der Waals surface area (Å²) in [7, 11) is 0. The van der Waals surface area contributed by atoms with E-state index < -0.39 is 0 Å². The van der Waals surface area contributed by atoms with E-state index in [4.69, 9.17) is 0 Å². The number of piperidine rings is 1. The van der Waals surface area contributed by atoms with E-state index in [2.05, 4.69) is 51.5 Å². The zero-order chi connectivity index (χ0) is 9.97. The first-order valence-electron chi connectivity index (χ1n) is 5.12. The highest BCUT2D eigenvalue weighted by atomic mass is 127. The number of aromatic nitrogens is 1. The van der Waals surface area contributed by atoms with Crippen LogP contribution >= 0.6 is 22.6 Å². The number of pyridine rings is 1. The Morgan fingerprint density at radius 2 is 2.36 bits per heavy atom. The van der Waals surface area contributed by atoms with Crippen molar-refractivity contribution in [3.8, 4) is 0 Å². The molecule has 1 saturated heterocycles. The Labute approximate surface area is 98.9 Å². The Morgan fingerprint density at radius 3 is 3.00 bits per heavy atom. The van der Waals surface area contributed by atoms with Gasteiger partial charge in [-0.15, -0.1) is 0 Å². The highest BCUT2D eigenvalue weighted by Gasteiger charge is 2.16. The molecule has 1 atom stereocenters. The molecule has 0 amide bonds. The van der Waals surface area contributed by atoms with Crippen molar-refractivity contribution in [1.29, 1.82) is 0 Å². The highest BCUT2D eigenvalue weighted by molar-refractivity contribution is 14.1. The Balaban J connectivity index is 2.10. The molecule has 1 aliphatic rings. The molecule has 0 saturated carbocycles. The summed E-state index contributed by atoms with van der Waals surface area (Å²) in [5.41, 5.74) is 0. The molecule has 76 valence electrons. The van der Waals surface area contributed by atoms with Gasteiger partial charge in [0.05, 0.1) is 0 Å². The van der Waals surface area contributed by atoms with Crippen LogP contribution in [-0.4, -0.2) is 18.1 Å². The first kappa shape index (κ1) is 10.2. The predicted octanol–water partition coefficient (Wildman–Crippen LogP) is 2.92. The summed E-state index contributed by atoms with van der Waals surface area (Å²) in [6.45, 7) is 4.64. The molecule has 1 aromatic heterocycles. The van der Waals surface area contributed by atoms with E-state index in [0.717, 1.165) is 24.8 Å². The number of halogens is 1. The van der Waals surface area contributed by atoms with Crippen molar-refractivity contribution >= 4 is 28.4 Å². The van der Waals surface area contributed by atoms with Gasteiger partial charge in [-0.25, -0.2) is 4.98 Å². The van der Waals surface area contributed by atoms with Gasteiger partial charge in [-0.05, 0) is 53.5 Å². The monoisotopic (exact) mass is 302 g/mol. The molecule has 2 rings (SSSR count). The summed E-state index contributed by atoms with van der Waals surface area (Å²) >= 11 is 2.29. The third kappa shape index (κ3) is 2.38. The van der Waals surface area contributed by atoms with E-state index in [1.165, 1.54) is 16.4 Å². The van der Waals surface area contributed by atoms with Gasteiger partial charge in [-0.1, -0.05) is 6.92 Å². The molecule has 14 heavy (non-hydrogen) atoms. The molecule has 0 aliphatic carbocycles. The van der Waals surface area contributed by atoms with Gasteiger partial charge in [0.15, 0.2) is 0 Å². The lowest BCUT2D eigenvalue weighted by atomic mass is 10.0. The van der Waals surface area contributed by atoms with Gasteiger partial charge in [0, 0.05) is 22.9 Å². The summed E-state index contributed by atoms with van der Waals surface area (Å²) in [6.07, 6.45) is 4.60. The molecule has 0 N–H and O–H groups in total. The van der Waals surface area contributed by atoms with E-state index in [9.17, 15) is 0 Å². The van der Waals surface area contributed by atoms with Crippen LogP contribution < -0.4 is 4.90 Å². The zero-order valence-corrected chi connectivity index (χ0v) is 10.6. The van der Waals surface area contributed by atoms with E-state index in [1.807, 2.05) is 6.20 Å². The van der Waals surface area contributed by atoms with Crippen LogP contribution in [0.5, 0.6) is 0 Å². The lowest BCUT2D eigenvalue weighted by Gasteiger charge is -2.31. The molecule has 1 aliphatic heterocycles. The van der Waals surface area contributed by atoms with Crippen molar-refractivity contribution in [3.05, 3.63) is 21.9 Å². The van der Waals surface area contributed by atoms with E-state index >= 15 is 0 Å². The topological polar surface area (TPSA) is 16.1 Å². The first-order chi connectivity index (χ1) is 6.75. The Hall–Kier alpha value is -0.320. The molecule has 1 aromatic rings. The maximum atomic E-state index is 4.45. The minimum absolute atomic E-state index is 0.810. The van der Waals surface area contributed by atoms with Crippen LogP contribution in [0.3, 0.4) is 0 Å². The van der Waals surface area contributed by atoms with E-state index in [1.54, 1.807) is 0 Å². The molecule has 2 nitrogen and oxygen atoms in total. The van der Waals surface area contributed by atoms with Crippen molar-refractivity contribution in [3.63, 3.8) is 0 Å². The van der Waals surface area contributed by atoms with Gasteiger partial charge in [0.2, 0.25) is 0 Å². The molecule has 0 unspecified atom stereocenters. The van der Waals surface area contributed by atoms with Crippen LogP contribution in [0.15, 0.2) is 18.3 Å². The maximum absolute atomic E-state index is 4.45. The van der Waals surface area contributed by atoms with Gasteiger partial charge in [0.1, 0.15) is 5.82 Å². The molecular formula is C11H15IN2. The Kier molecular flexibility index (Phi) is 3.26. The third-order valence-electron chi connectivity index (χ3n) is 2.69. The predicted molar refractivity (Wildman–Crippen MR) is 67.6 cm³/mol. The number of rotatable bonds is 1. The van der Waals surface area contributed by atoms with Crippen molar-refractivity contribution < 1.29 is 0 Å². The lowest BCUT2D eigenvalue weighted by molar-refractivity contribution is 0.444. The largest absolute Gasteiger partial charge is 0.356 e. The van der Waals surface area contributed by atoms with Gasteiger partial charge < -0.3 is 4.90 Å². The molecule has 0 radical (unpaired) electrons. The van der Waals surface area contributed by atoms with Crippen LogP contribution in [0.2, 0.25) is 0 Å². The van der Waals surface area contributed by atoms with Crippen molar-refractivity contribution in [2.75, 3.05) is 18.0 Å². The molecule has 0 aromatic carbocycles. The normalized spacial score (nSPS) is 22.4. The molecule has 0 spiro atoms. The fourth-order valence-electron chi connectivity index (χ4n) is 1.95.